The topological polar surface area (TPSA) is 86.2 Å². The minimum Gasteiger partial charge on any atom is -0.477 e. The highest BCUT2D eigenvalue weighted by atomic mass is 16.4. The van der Waals surface area contributed by atoms with Gasteiger partial charge >= 0.3 is 11.7 Å². The number of hydrogen-bond donors (Lipinski definition) is 1. The van der Waals surface area contributed by atoms with Crippen LogP contribution in [0.3, 0.4) is 0 Å². The number of carbonyl (C=O) groups is 1. The average molecular weight is 327 g/mol. The van der Waals surface area contributed by atoms with Crippen molar-refractivity contribution in [1.82, 2.24) is 13.7 Å². The van der Waals surface area contributed by atoms with Crippen LogP contribution in [0.1, 0.15) is 29.0 Å². The SMILES string of the molecule is CC(c1ccccc1)n1c(C(=O)O)cc2c(=O)n(C)c(=O)n(C)c21. The maximum Gasteiger partial charge on any atom is 0.352 e. The number of benzene rings is 1. The second kappa shape index (κ2) is 5.52. The smallest absolute Gasteiger partial charge is 0.352 e. The molecule has 1 aromatic carbocycles. The zero-order valence-corrected chi connectivity index (χ0v) is 13.6. The molecule has 0 saturated carbocycles. The summed E-state index contributed by atoms with van der Waals surface area (Å²) in [5, 5.41) is 9.77. The highest BCUT2D eigenvalue weighted by Crippen LogP contribution is 2.26. The fraction of sp³-hybridized carbons (Fsp3) is 0.235. The molecule has 124 valence electrons. The fourth-order valence-electron chi connectivity index (χ4n) is 3.03. The third-order valence-electron chi connectivity index (χ3n) is 4.32. The van der Waals surface area contributed by atoms with Crippen molar-refractivity contribution < 1.29 is 9.90 Å². The fourth-order valence-corrected chi connectivity index (χ4v) is 3.03. The van der Waals surface area contributed by atoms with E-state index in [0.29, 0.717) is 5.65 Å². The minimum atomic E-state index is -1.15. The van der Waals surface area contributed by atoms with Gasteiger partial charge in [-0.25, -0.2) is 9.59 Å². The molecule has 0 aliphatic rings. The van der Waals surface area contributed by atoms with E-state index < -0.39 is 17.2 Å². The van der Waals surface area contributed by atoms with E-state index in [1.165, 1.54) is 29.3 Å². The number of carboxylic acids is 1. The summed E-state index contributed by atoms with van der Waals surface area (Å²) in [5.41, 5.74) is 0.154. The lowest BCUT2D eigenvalue weighted by Gasteiger charge is -2.19. The zero-order valence-electron chi connectivity index (χ0n) is 13.6. The van der Waals surface area contributed by atoms with Gasteiger partial charge < -0.3 is 9.67 Å². The van der Waals surface area contributed by atoms with E-state index in [1.54, 1.807) is 0 Å². The highest BCUT2D eigenvalue weighted by molar-refractivity contribution is 5.93. The number of fused-ring (bicyclic) bond motifs is 1. The Morgan fingerprint density at radius 1 is 1.08 bits per heavy atom. The summed E-state index contributed by atoms with van der Waals surface area (Å²) in [6.07, 6.45) is 0. The molecule has 0 aliphatic carbocycles. The van der Waals surface area contributed by atoms with Crippen molar-refractivity contribution in [3.05, 3.63) is 68.5 Å². The lowest BCUT2D eigenvalue weighted by atomic mass is 10.1. The third kappa shape index (κ3) is 2.17. The first-order chi connectivity index (χ1) is 11.3. The van der Waals surface area contributed by atoms with Gasteiger partial charge in [-0.2, -0.15) is 0 Å². The number of carboxylic acid groups (broad SMARTS) is 1. The molecule has 3 aromatic rings. The largest absolute Gasteiger partial charge is 0.477 e. The van der Waals surface area contributed by atoms with E-state index in [4.69, 9.17) is 0 Å². The Hall–Kier alpha value is -3.09. The van der Waals surface area contributed by atoms with E-state index in [0.717, 1.165) is 10.1 Å². The summed E-state index contributed by atoms with van der Waals surface area (Å²) in [4.78, 5) is 36.4. The molecule has 7 heteroatoms. The van der Waals surface area contributed by atoms with Crippen LogP contribution in [0.5, 0.6) is 0 Å². The maximum absolute atomic E-state index is 12.4. The molecule has 24 heavy (non-hydrogen) atoms. The summed E-state index contributed by atoms with van der Waals surface area (Å²) in [6.45, 7) is 1.84. The van der Waals surface area contributed by atoms with Crippen LogP contribution in [-0.4, -0.2) is 24.8 Å². The summed E-state index contributed by atoms with van der Waals surface area (Å²) in [7, 11) is 2.91. The summed E-state index contributed by atoms with van der Waals surface area (Å²) < 4.78 is 3.81. The summed E-state index contributed by atoms with van der Waals surface area (Å²) in [5.74, 6) is -1.15. The quantitative estimate of drug-likeness (QED) is 0.787. The predicted octanol–water partition coefficient (Wildman–Crippen LogP) is 1.35. The van der Waals surface area contributed by atoms with Gasteiger partial charge in [-0.15, -0.1) is 0 Å². The van der Waals surface area contributed by atoms with Gasteiger partial charge in [0.15, 0.2) is 0 Å². The van der Waals surface area contributed by atoms with E-state index in [1.807, 2.05) is 37.3 Å². The van der Waals surface area contributed by atoms with Crippen LogP contribution in [0.25, 0.3) is 11.0 Å². The Bertz CT molecular complexity index is 1060. The van der Waals surface area contributed by atoms with Crippen LogP contribution >= 0.6 is 0 Å². The molecule has 0 aliphatic heterocycles. The second-order valence-electron chi connectivity index (χ2n) is 5.73. The van der Waals surface area contributed by atoms with Gasteiger partial charge in [-0.1, -0.05) is 30.3 Å². The lowest BCUT2D eigenvalue weighted by Crippen LogP contribution is -2.37. The first kappa shape index (κ1) is 15.8. The summed E-state index contributed by atoms with van der Waals surface area (Å²) >= 11 is 0. The van der Waals surface area contributed by atoms with Crippen molar-refractivity contribution in [1.29, 1.82) is 0 Å². The number of aryl methyl sites for hydroxylation is 1. The van der Waals surface area contributed by atoms with Gasteiger partial charge in [-0.05, 0) is 18.6 Å². The third-order valence-corrected chi connectivity index (χ3v) is 4.32. The van der Waals surface area contributed by atoms with Gasteiger partial charge in [-0.3, -0.25) is 13.9 Å². The molecule has 2 aromatic heterocycles. The molecule has 0 spiro atoms. The maximum atomic E-state index is 12.4. The number of rotatable bonds is 3. The van der Waals surface area contributed by atoms with Crippen molar-refractivity contribution in [3.8, 4) is 0 Å². The number of hydrogen-bond acceptors (Lipinski definition) is 3. The van der Waals surface area contributed by atoms with Gasteiger partial charge in [0.25, 0.3) is 5.56 Å². The zero-order chi connectivity index (χ0) is 17.6. The van der Waals surface area contributed by atoms with Gasteiger partial charge in [0.2, 0.25) is 0 Å². The monoisotopic (exact) mass is 327 g/mol. The van der Waals surface area contributed by atoms with Crippen molar-refractivity contribution in [2.75, 3.05) is 0 Å². The second-order valence-corrected chi connectivity index (χ2v) is 5.73. The van der Waals surface area contributed by atoms with Gasteiger partial charge in [0.05, 0.1) is 11.4 Å². The molecule has 1 unspecified atom stereocenters. The Labute approximate surface area is 137 Å². The summed E-state index contributed by atoms with van der Waals surface area (Å²) in [6, 6.07) is 10.3. The molecule has 2 heterocycles. The molecular formula is C17H17N3O4. The molecule has 3 rings (SSSR count). The molecule has 0 saturated heterocycles. The van der Waals surface area contributed by atoms with Crippen LogP contribution in [0, 0.1) is 0 Å². The molecule has 0 amide bonds. The van der Waals surface area contributed by atoms with E-state index in [-0.39, 0.29) is 17.1 Å². The highest BCUT2D eigenvalue weighted by Gasteiger charge is 2.24. The Morgan fingerprint density at radius 2 is 1.71 bits per heavy atom. The lowest BCUT2D eigenvalue weighted by molar-refractivity contribution is 0.0684. The molecule has 1 atom stereocenters. The van der Waals surface area contributed by atoms with E-state index in [9.17, 15) is 19.5 Å². The molecule has 1 N–H and O–H groups in total. The van der Waals surface area contributed by atoms with Crippen LogP contribution in [0.2, 0.25) is 0 Å². The number of nitrogens with zero attached hydrogens (tertiary/aromatic N) is 3. The molecular weight excluding hydrogens is 310 g/mol. The first-order valence-electron chi connectivity index (χ1n) is 7.43. The van der Waals surface area contributed by atoms with Crippen LogP contribution in [0.15, 0.2) is 46.0 Å². The van der Waals surface area contributed by atoms with E-state index >= 15 is 0 Å². The Kier molecular flexibility index (Phi) is 3.63. The first-order valence-corrected chi connectivity index (χ1v) is 7.43. The van der Waals surface area contributed by atoms with Crippen molar-refractivity contribution in [2.45, 2.75) is 13.0 Å². The van der Waals surface area contributed by atoms with E-state index in [2.05, 4.69) is 0 Å². The molecule has 0 bridgehead atoms. The van der Waals surface area contributed by atoms with Crippen LogP contribution in [0.4, 0.5) is 0 Å². The number of aromatic carboxylic acids is 1. The minimum absolute atomic E-state index is 0.0281. The predicted molar refractivity (Wildman–Crippen MR) is 89.6 cm³/mol. The molecule has 0 fully saturated rings. The molecule has 0 radical (unpaired) electrons. The van der Waals surface area contributed by atoms with Crippen LogP contribution < -0.4 is 11.2 Å². The Balaban J connectivity index is 2.46. The average Bonchev–Trinajstić information content (AvgIpc) is 2.99. The van der Waals surface area contributed by atoms with Crippen LogP contribution in [-0.2, 0) is 14.1 Å². The normalized spacial score (nSPS) is 12.5. The van der Waals surface area contributed by atoms with Gasteiger partial charge in [0, 0.05) is 14.1 Å². The van der Waals surface area contributed by atoms with Crippen molar-refractivity contribution in [3.63, 3.8) is 0 Å². The van der Waals surface area contributed by atoms with Crippen molar-refractivity contribution >= 4 is 17.0 Å². The molecule has 7 nitrogen and oxygen atoms in total. The van der Waals surface area contributed by atoms with Gasteiger partial charge in [0.1, 0.15) is 11.3 Å². The Morgan fingerprint density at radius 3 is 2.29 bits per heavy atom. The number of aromatic nitrogens is 3. The standard InChI is InChI=1S/C17H17N3O4/c1-10(11-7-5-4-6-8-11)20-13(16(22)23)9-12-14(20)18(2)17(24)19(3)15(12)21/h4-10H,1-3H3,(H,22,23). The van der Waals surface area contributed by atoms with Crippen molar-refractivity contribution in [2.24, 2.45) is 14.1 Å².